The van der Waals surface area contributed by atoms with Crippen LogP contribution in [0.15, 0.2) is 0 Å². The molecule has 1 fully saturated rings. The average Bonchev–Trinajstić information content (AvgIpc) is 2.35. The Morgan fingerprint density at radius 3 is 2.67 bits per heavy atom. The molecule has 1 rings (SSSR count). The van der Waals surface area contributed by atoms with E-state index in [1.165, 1.54) is 45.3 Å². The highest BCUT2D eigenvalue weighted by Crippen LogP contribution is 2.26. The zero-order valence-electron chi connectivity index (χ0n) is 13.3. The third-order valence-electron chi connectivity index (χ3n) is 4.68. The van der Waals surface area contributed by atoms with Crippen molar-refractivity contribution < 1.29 is 0 Å². The number of hydrogen-bond acceptors (Lipinski definition) is 2. The maximum atomic E-state index is 3.66. The fraction of sp³-hybridized carbons (Fsp3) is 1.00. The van der Waals surface area contributed by atoms with Crippen molar-refractivity contribution in [3.05, 3.63) is 0 Å². The number of likely N-dealkylation sites (tertiary alicyclic amines) is 1. The van der Waals surface area contributed by atoms with Gasteiger partial charge in [0.1, 0.15) is 0 Å². The molecule has 0 bridgehead atoms. The van der Waals surface area contributed by atoms with Crippen LogP contribution in [0.2, 0.25) is 0 Å². The van der Waals surface area contributed by atoms with Crippen LogP contribution in [-0.2, 0) is 0 Å². The van der Waals surface area contributed by atoms with Crippen LogP contribution in [-0.4, -0.2) is 37.1 Å². The molecule has 1 saturated heterocycles. The molecule has 2 heteroatoms. The molecule has 0 aromatic carbocycles. The summed E-state index contributed by atoms with van der Waals surface area (Å²) < 4.78 is 0. The van der Waals surface area contributed by atoms with Crippen LogP contribution in [0.5, 0.6) is 0 Å². The van der Waals surface area contributed by atoms with E-state index < -0.39 is 0 Å². The predicted octanol–water partition coefficient (Wildman–Crippen LogP) is 3.52. The van der Waals surface area contributed by atoms with Gasteiger partial charge in [0, 0.05) is 19.1 Å². The average molecular weight is 254 g/mol. The van der Waals surface area contributed by atoms with Gasteiger partial charge in [0.2, 0.25) is 0 Å². The smallest absolute Gasteiger partial charge is 0.0102 e. The van der Waals surface area contributed by atoms with Gasteiger partial charge in [0.15, 0.2) is 0 Å². The van der Waals surface area contributed by atoms with Crippen molar-refractivity contribution >= 4 is 0 Å². The third kappa shape index (κ3) is 4.89. The summed E-state index contributed by atoms with van der Waals surface area (Å²) in [5.74, 6) is 0.938. The summed E-state index contributed by atoms with van der Waals surface area (Å²) >= 11 is 0. The fourth-order valence-corrected chi connectivity index (χ4v) is 2.98. The molecule has 2 unspecified atom stereocenters. The highest BCUT2D eigenvalue weighted by atomic mass is 15.1. The lowest BCUT2D eigenvalue weighted by Gasteiger charge is -2.41. The van der Waals surface area contributed by atoms with E-state index in [0.29, 0.717) is 11.5 Å². The van der Waals surface area contributed by atoms with Crippen molar-refractivity contribution in [3.8, 4) is 0 Å². The molecule has 0 amide bonds. The maximum absolute atomic E-state index is 3.66. The summed E-state index contributed by atoms with van der Waals surface area (Å²) in [5, 5.41) is 3.66. The Hall–Kier alpha value is -0.0800. The van der Waals surface area contributed by atoms with Gasteiger partial charge in [0.25, 0.3) is 0 Å². The summed E-state index contributed by atoms with van der Waals surface area (Å²) in [4.78, 5) is 2.70. The number of nitrogens with one attached hydrogen (secondary N) is 1. The van der Waals surface area contributed by atoms with Gasteiger partial charge in [-0.05, 0) is 50.6 Å². The van der Waals surface area contributed by atoms with Crippen LogP contribution < -0.4 is 5.32 Å². The maximum Gasteiger partial charge on any atom is 0.0102 e. The summed E-state index contributed by atoms with van der Waals surface area (Å²) in [6.45, 7) is 16.8. The van der Waals surface area contributed by atoms with Gasteiger partial charge < -0.3 is 10.2 Å². The fourth-order valence-electron chi connectivity index (χ4n) is 2.98. The minimum Gasteiger partial charge on any atom is -0.314 e. The molecular weight excluding hydrogens is 220 g/mol. The van der Waals surface area contributed by atoms with Crippen LogP contribution in [0.25, 0.3) is 0 Å². The van der Waals surface area contributed by atoms with Crippen molar-refractivity contribution in [3.63, 3.8) is 0 Å². The third-order valence-corrected chi connectivity index (χ3v) is 4.68. The summed E-state index contributed by atoms with van der Waals surface area (Å²) in [6.07, 6.45) is 5.41. The van der Waals surface area contributed by atoms with Crippen molar-refractivity contribution in [2.45, 2.75) is 66.3 Å². The monoisotopic (exact) mass is 254 g/mol. The van der Waals surface area contributed by atoms with Crippen LogP contribution in [0.1, 0.15) is 60.3 Å². The second kappa shape index (κ2) is 7.49. The van der Waals surface area contributed by atoms with E-state index >= 15 is 0 Å². The zero-order chi connectivity index (χ0) is 13.6. The van der Waals surface area contributed by atoms with E-state index in [9.17, 15) is 0 Å². The van der Waals surface area contributed by atoms with Crippen LogP contribution in [0.3, 0.4) is 0 Å². The molecule has 1 heterocycles. The van der Waals surface area contributed by atoms with Gasteiger partial charge >= 0.3 is 0 Å². The SMILES string of the molecule is CCCNC(C)C(C)(C)CN1CCCC(CC)C1. The van der Waals surface area contributed by atoms with Crippen molar-refractivity contribution in [1.82, 2.24) is 10.2 Å². The molecule has 0 spiro atoms. The lowest BCUT2D eigenvalue weighted by atomic mass is 9.83. The highest BCUT2D eigenvalue weighted by Gasteiger charge is 2.29. The molecule has 1 aliphatic rings. The Morgan fingerprint density at radius 2 is 2.06 bits per heavy atom. The van der Waals surface area contributed by atoms with Gasteiger partial charge in [-0.25, -0.2) is 0 Å². The summed E-state index contributed by atoms with van der Waals surface area (Å²) in [7, 11) is 0. The van der Waals surface area contributed by atoms with Crippen LogP contribution >= 0.6 is 0 Å². The Bertz CT molecular complexity index is 225. The standard InChI is InChI=1S/C16H34N2/c1-6-10-17-14(3)16(4,5)13-18-11-8-9-15(7-2)12-18/h14-15,17H,6-13H2,1-5H3. The quantitative estimate of drug-likeness (QED) is 0.748. The molecule has 2 atom stereocenters. The molecule has 0 aromatic rings. The summed E-state index contributed by atoms with van der Waals surface area (Å²) in [6, 6.07) is 0.597. The molecule has 2 nitrogen and oxygen atoms in total. The van der Waals surface area contributed by atoms with Crippen molar-refractivity contribution in [1.29, 1.82) is 0 Å². The zero-order valence-corrected chi connectivity index (χ0v) is 13.3. The molecule has 108 valence electrons. The normalized spacial score (nSPS) is 24.2. The van der Waals surface area contributed by atoms with Gasteiger partial charge in [-0.3, -0.25) is 0 Å². The molecule has 0 aliphatic carbocycles. The molecule has 18 heavy (non-hydrogen) atoms. The molecule has 1 N–H and O–H groups in total. The number of rotatable bonds is 7. The Balaban J connectivity index is 2.43. The first kappa shape index (κ1) is 16.0. The number of piperidine rings is 1. The predicted molar refractivity (Wildman–Crippen MR) is 81.0 cm³/mol. The Morgan fingerprint density at radius 1 is 1.33 bits per heavy atom. The largest absolute Gasteiger partial charge is 0.314 e. The van der Waals surface area contributed by atoms with Crippen molar-refractivity contribution in [2.24, 2.45) is 11.3 Å². The lowest BCUT2D eigenvalue weighted by Crippen LogP contribution is -2.49. The van der Waals surface area contributed by atoms with E-state index in [-0.39, 0.29) is 0 Å². The van der Waals surface area contributed by atoms with Gasteiger partial charge in [-0.2, -0.15) is 0 Å². The molecule has 1 aliphatic heterocycles. The molecular formula is C16H34N2. The first-order valence-corrected chi connectivity index (χ1v) is 7.95. The van der Waals surface area contributed by atoms with Crippen LogP contribution in [0.4, 0.5) is 0 Å². The van der Waals surface area contributed by atoms with Gasteiger partial charge in [-0.1, -0.05) is 34.1 Å². The van der Waals surface area contributed by atoms with Crippen LogP contribution in [0, 0.1) is 11.3 Å². The second-order valence-electron chi connectivity index (χ2n) is 6.82. The number of hydrogen-bond donors (Lipinski definition) is 1. The topological polar surface area (TPSA) is 15.3 Å². The van der Waals surface area contributed by atoms with Gasteiger partial charge in [-0.15, -0.1) is 0 Å². The van der Waals surface area contributed by atoms with E-state index in [4.69, 9.17) is 0 Å². The highest BCUT2D eigenvalue weighted by molar-refractivity contribution is 4.85. The molecule has 0 aromatic heterocycles. The Labute approximate surface area is 115 Å². The van der Waals surface area contributed by atoms with E-state index in [0.717, 1.165) is 12.5 Å². The second-order valence-corrected chi connectivity index (χ2v) is 6.82. The van der Waals surface area contributed by atoms with E-state index in [1.807, 2.05) is 0 Å². The summed E-state index contributed by atoms with van der Waals surface area (Å²) in [5.41, 5.74) is 0.366. The lowest BCUT2D eigenvalue weighted by molar-refractivity contribution is 0.0990. The Kier molecular flexibility index (Phi) is 6.65. The minimum atomic E-state index is 0.366. The van der Waals surface area contributed by atoms with E-state index in [1.54, 1.807) is 0 Å². The molecule has 0 saturated carbocycles. The molecule has 0 radical (unpaired) electrons. The van der Waals surface area contributed by atoms with Gasteiger partial charge in [0.05, 0.1) is 0 Å². The van der Waals surface area contributed by atoms with Crippen molar-refractivity contribution in [2.75, 3.05) is 26.2 Å². The first-order valence-electron chi connectivity index (χ1n) is 7.95. The first-order chi connectivity index (χ1) is 8.49. The van der Waals surface area contributed by atoms with E-state index in [2.05, 4.69) is 44.8 Å². The minimum absolute atomic E-state index is 0.366. The number of nitrogens with zero attached hydrogens (tertiary/aromatic N) is 1.